The number of aryl methyl sites for hydroxylation is 1. The monoisotopic (exact) mass is 307 g/mol. The Balaban J connectivity index is 2.16. The normalized spacial score (nSPS) is 22.7. The highest BCUT2D eigenvalue weighted by molar-refractivity contribution is 7.20. The van der Waals surface area contributed by atoms with E-state index in [1.807, 2.05) is 13.8 Å². The highest BCUT2D eigenvalue weighted by atomic mass is 32.1. The van der Waals surface area contributed by atoms with E-state index in [9.17, 15) is 9.90 Å². The number of hydrogen-bond donors (Lipinski definition) is 1. The first kappa shape index (κ1) is 14.2. The summed E-state index contributed by atoms with van der Waals surface area (Å²) in [6.07, 6.45) is 1.63. The molecule has 7 heteroatoms. The van der Waals surface area contributed by atoms with Crippen LogP contribution in [0.1, 0.15) is 29.1 Å². The summed E-state index contributed by atoms with van der Waals surface area (Å²) in [6, 6.07) is 0.201. The van der Waals surface area contributed by atoms with Gasteiger partial charge in [-0.2, -0.15) is 0 Å². The van der Waals surface area contributed by atoms with Gasteiger partial charge < -0.3 is 14.7 Å². The van der Waals surface area contributed by atoms with E-state index >= 15 is 0 Å². The molecule has 1 aliphatic rings. The molecular weight excluding hydrogens is 290 g/mol. The zero-order valence-corrected chi connectivity index (χ0v) is 13.0. The van der Waals surface area contributed by atoms with Gasteiger partial charge in [-0.15, -0.1) is 11.3 Å². The minimum atomic E-state index is -0.912. The van der Waals surface area contributed by atoms with E-state index in [1.54, 1.807) is 0 Å². The molecule has 1 saturated heterocycles. The van der Waals surface area contributed by atoms with Crippen LogP contribution >= 0.6 is 11.3 Å². The van der Waals surface area contributed by atoms with Gasteiger partial charge in [-0.1, -0.05) is 0 Å². The number of fused-ring (bicyclic) bond motifs is 1. The average molecular weight is 307 g/mol. The molecule has 1 N–H and O–H groups in total. The number of rotatable bonds is 2. The lowest BCUT2D eigenvalue weighted by Gasteiger charge is -2.37. The molecule has 2 aromatic heterocycles. The van der Waals surface area contributed by atoms with Crippen LogP contribution in [0.3, 0.4) is 0 Å². The SMILES string of the molecule is Cc1c(C(=O)O)sc2ncnc(N3CC(C)OCC3C)c12. The number of thiophene rings is 1. The fraction of sp³-hybridized carbons (Fsp3) is 0.500. The van der Waals surface area contributed by atoms with E-state index < -0.39 is 5.97 Å². The van der Waals surface area contributed by atoms with Crippen LogP contribution in [0, 0.1) is 6.92 Å². The molecule has 0 saturated carbocycles. The smallest absolute Gasteiger partial charge is 0.346 e. The van der Waals surface area contributed by atoms with Crippen molar-refractivity contribution in [2.45, 2.75) is 32.9 Å². The number of carbonyl (C=O) groups is 1. The van der Waals surface area contributed by atoms with Gasteiger partial charge in [-0.05, 0) is 26.3 Å². The Morgan fingerprint density at radius 1 is 1.48 bits per heavy atom. The summed E-state index contributed by atoms with van der Waals surface area (Å²) < 4.78 is 5.65. The third-order valence-corrected chi connectivity index (χ3v) is 4.97. The largest absolute Gasteiger partial charge is 0.477 e. The van der Waals surface area contributed by atoms with Crippen LogP contribution in [0.5, 0.6) is 0 Å². The van der Waals surface area contributed by atoms with Crippen LogP contribution in [0.2, 0.25) is 0 Å². The predicted molar refractivity (Wildman–Crippen MR) is 81.3 cm³/mol. The van der Waals surface area contributed by atoms with Crippen molar-refractivity contribution in [2.24, 2.45) is 0 Å². The number of aromatic carboxylic acids is 1. The van der Waals surface area contributed by atoms with Crippen molar-refractivity contribution in [2.75, 3.05) is 18.1 Å². The summed E-state index contributed by atoms with van der Waals surface area (Å²) in [7, 11) is 0. The molecule has 6 nitrogen and oxygen atoms in total. The molecule has 2 atom stereocenters. The Kier molecular flexibility index (Phi) is 3.54. The number of hydrogen-bond acceptors (Lipinski definition) is 6. The summed E-state index contributed by atoms with van der Waals surface area (Å²) in [6.45, 7) is 7.32. The molecule has 0 amide bonds. The Morgan fingerprint density at radius 3 is 2.95 bits per heavy atom. The standard InChI is InChI=1S/C14H17N3O3S/c1-7-5-20-8(2)4-17(7)12-10-9(3)11(14(18)19)21-13(10)16-6-15-12/h6-8H,4-5H2,1-3H3,(H,18,19). The summed E-state index contributed by atoms with van der Waals surface area (Å²) in [5.41, 5.74) is 0.740. The Bertz CT molecular complexity index is 700. The molecule has 3 rings (SSSR count). The second-order valence-electron chi connectivity index (χ2n) is 5.38. The number of anilines is 1. The molecule has 0 aromatic carbocycles. The number of morpholine rings is 1. The molecule has 3 heterocycles. The second kappa shape index (κ2) is 5.23. The number of carboxylic acids is 1. The topological polar surface area (TPSA) is 75.5 Å². The van der Waals surface area contributed by atoms with Gasteiger partial charge in [0.25, 0.3) is 0 Å². The van der Waals surface area contributed by atoms with Gasteiger partial charge in [-0.3, -0.25) is 0 Å². The van der Waals surface area contributed by atoms with Gasteiger partial charge in [0.2, 0.25) is 0 Å². The van der Waals surface area contributed by atoms with Gasteiger partial charge in [0, 0.05) is 6.54 Å². The zero-order chi connectivity index (χ0) is 15.1. The highest BCUT2D eigenvalue weighted by Gasteiger charge is 2.28. The van der Waals surface area contributed by atoms with Crippen molar-refractivity contribution in [3.8, 4) is 0 Å². The van der Waals surface area contributed by atoms with E-state index in [1.165, 1.54) is 17.7 Å². The van der Waals surface area contributed by atoms with E-state index in [0.29, 0.717) is 11.5 Å². The number of carboxylic acid groups (broad SMARTS) is 1. The molecule has 112 valence electrons. The molecule has 2 aromatic rings. The number of ether oxygens (including phenoxy) is 1. The Hall–Kier alpha value is -1.73. The van der Waals surface area contributed by atoms with E-state index in [0.717, 1.165) is 28.1 Å². The summed E-state index contributed by atoms with van der Waals surface area (Å²) in [4.78, 5) is 23.2. The quantitative estimate of drug-likeness (QED) is 0.917. The molecule has 0 radical (unpaired) electrons. The van der Waals surface area contributed by atoms with Crippen molar-refractivity contribution in [3.05, 3.63) is 16.8 Å². The van der Waals surface area contributed by atoms with Gasteiger partial charge in [0.1, 0.15) is 21.9 Å². The molecule has 0 bridgehead atoms. The van der Waals surface area contributed by atoms with Crippen LogP contribution in [0.25, 0.3) is 10.2 Å². The van der Waals surface area contributed by atoms with Crippen LogP contribution in [0.15, 0.2) is 6.33 Å². The van der Waals surface area contributed by atoms with Crippen molar-refractivity contribution in [1.29, 1.82) is 0 Å². The zero-order valence-electron chi connectivity index (χ0n) is 12.2. The predicted octanol–water partition coefficient (Wildman–Crippen LogP) is 2.31. The van der Waals surface area contributed by atoms with Crippen LogP contribution < -0.4 is 4.90 Å². The van der Waals surface area contributed by atoms with Crippen LogP contribution in [-0.2, 0) is 4.74 Å². The Morgan fingerprint density at radius 2 is 2.24 bits per heavy atom. The highest BCUT2D eigenvalue weighted by Crippen LogP contribution is 2.36. The lowest BCUT2D eigenvalue weighted by atomic mass is 10.1. The minimum absolute atomic E-state index is 0.129. The maximum absolute atomic E-state index is 11.3. The molecule has 1 fully saturated rings. The fourth-order valence-electron chi connectivity index (χ4n) is 2.67. The minimum Gasteiger partial charge on any atom is -0.477 e. The Labute approximate surface area is 126 Å². The number of aromatic nitrogens is 2. The van der Waals surface area contributed by atoms with Gasteiger partial charge >= 0.3 is 5.97 Å². The molecular formula is C14H17N3O3S. The first-order chi connectivity index (χ1) is 9.99. The van der Waals surface area contributed by atoms with Gasteiger partial charge in [0.05, 0.1) is 24.1 Å². The molecule has 0 aliphatic carbocycles. The first-order valence-corrected chi connectivity index (χ1v) is 7.66. The van der Waals surface area contributed by atoms with Crippen LogP contribution in [0.4, 0.5) is 5.82 Å². The lowest BCUT2D eigenvalue weighted by Crippen LogP contribution is -2.47. The molecule has 21 heavy (non-hydrogen) atoms. The van der Waals surface area contributed by atoms with E-state index in [-0.39, 0.29) is 12.1 Å². The molecule has 2 unspecified atom stereocenters. The fourth-order valence-corrected chi connectivity index (χ4v) is 3.66. The van der Waals surface area contributed by atoms with E-state index in [4.69, 9.17) is 4.74 Å². The third-order valence-electron chi connectivity index (χ3n) is 3.78. The maximum Gasteiger partial charge on any atom is 0.346 e. The number of nitrogens with zero attached hydrogens (tertiary/aromatic N) is 3. The van der Waals surface area contributed by atoms with Crippen molar-refractivity contribution < 1.29 is 14.6 Å². The van der Waals surface area contributed by atoms with Crippen molar-refractivity contribution in [1.82, 2.24) is 9.97 Å². The van der Waals surface area contributed by atoms with Crippen molar-refractivity contribution >= 4 is 33.3 Å². The van der Waals surface area contributed by atoms with E-state index in [2.05, 4.69) is 21.8 Å². The average Bonchev–Trinajstić information content (AvgIpc) is 2.79. The molecule has 1 aliphatic heterocycles. The molecule has 0 spiro atoms. The summed E-state index contributed by atoms with van der Waals surface area (Å²) in [5, 5.41) is 10.1. The lowest BCUT2D eigenvalue weighted by molar-refractivity contribution is 0.0341. The first-order valence-electron chi connectivity index (χ1n) is 6.84. The van der Waals surface area contributed by atoms with Gasteiger partial charge in [-0.25, -0.2) is 14.8 Å². The summed E-state index contributed by atoms with van der Waals surface area (Å²) >= 11 is 1.20. The van der Waals surface area contributed by atoms with Gasteiger partial charge in [0.15, 0.2) is 0 Å². The van der Waals surface area contributed by atoms with Crippen LogP contribution in [-0.4, -0.2) is 46.3 Å². The third kappa shape index (κ3) is 2.36. The maximum atomic E-state index is 11.3. The van der Waals surface area contributed by atoms with Crippen molar-refractivity contribution in [3.63, 3.8) is 0 Å². The second-order valence-corrected chi connectivity index (χ2v) is 6.38. The summed E-state index contributed by atoms with van der Waals surface area (Å²) in [5.74, 6) is -0.103.